The van der Waals surface area contributed by atoms with Crippen LogP contribution in [0.2, 0.25) is 0 Å². The van der Waals surface area contributed by atoms with E-state index >= 15 is 0 Å². The lowest BCUT2D eigenvalue weighted by atomic mass is 10.0. The molecule has 0 aliphatic heterocycles. The van der Waals surface area contributed by atoms with Crippen LogP contribution in [-0.2, 0) is 0 Å². The van der Waals surface area contributed by atoms with Crippen molar-refractivity contribution in [2.24, 2.45) is 0 Å². The molecular weight excluding hydrogens is 376 g/mol. The molecule has 4 aromatic carbocycles. The second kappa shape index (κ2) is 8.41. The molecule has 0 amide bonds. The van der Waals surface area contributed by atoms with Gasteiger partial charge in [0.1, 0.15) is 17.2 Å². The van der Waals surface area contributed by atoms with Crippen LogP contribution in [0.5, 0.6) is 23.0 Å². The molecule has 5 heteroatoms. The third-order valence-electron chi connectivity index (χ3n) is 4.49. The summed E-state index contributed by atoms with van der Waals surface area (Å²) >= 11 is 0. The minimum Gasteiger partial charge on any atom is -0.455 e. The summed E-state index contributed by atoms with van der Waals surface area (Å²) in [5, 5.41) is 0. The Labute approximate surface area is 174 Å². The van der Waals surface area contributed by atoms with Crippen molar-refractivity contribution in [3.8, 4) is 23.0 Å². The number of para-hydroxylation sites is 2. The number of benzene rings is 4. The Morgan fingerprint density at radius 3 is 1.70 bits per heavy atom. The van der Waals surface area contributed by atoms with E-state index in [-0.39, 0.29) is 5.78 Å². The van der Waals surface area contributed by atoms with Crippen LogP contribution in [0.3, 0.4) is 0 Å². The number of ketones is 1. The van der Waals surface area contributed by atoms with E-state index in [0.29, 0.717) is 45.5 Å². The van der Waals surface area contributed by atoms with Gasteiger partial charge in [0.2, 0.25) is 0 Å². The SMILES string of the molecule is Nc1cc(C(=O)c2ccc(N)c(Oc3ccccc3)c2)ccc1Oc1ccccc1. The molecule has 0 radical (unpaired) electrons. The quantitative estimate of drug-likeness (QED) is 0.324. The number of nitrogen functional groups attached to an aromatic ring is 2. The third-order valence-corrected chi connectivity index (χ3v) is 4.49. The van der Waals surface area contributed by atoms with Gasteiger partial charge in [0, 0.05) is 11.1 Å². The number of carbonyl (C=O) groups is 1. The standard InChI is InChI=1S/C25H20N2O3/c26-21-13-11-18(16-24(21)30-20-9-5-2-6-10-20)25(28)17-12-14-23(22(27)15-17)29-19-7-3-1-4-8-19/h1-16H,26-27H2. The molecule has 0 unspecified atom stereocenters. The van der Waals surface area contributed by atoms with Gasteiger partial charge < -0.3 is 20.9 Å². The highest BCUT2D eigenvalue weighted by Gasteiger charge is 2.14. The summed E-state index contributed by atoms with van der Waals surface area (Å²) < 4.78 is 11.6. The number of rotatable bonds is 6. The van der Waals surface area contributed by atoms with Crippen LogP contribution in [0, 0.1) is 0 Å². The minimum absolute atomic E-state index is 0.189. The molecule has 0 aliphatic rings. The van der Waals surface area contributed by atoms with Crippen LogP contribution >= 0.6 is 0 Å². The van der Waals surface area contributed by atoms with Crippen molar-refractivity contribution in [1.29, 1.82) is 0 Å². The Kier molecular flexibility index (Phi) is 5.35. The first-order chi connectivity index (χ1) is 14.6. The number of ether oxygens (including phenoxy) is 2. The normalized spacial score (nSPS) is 10.4. The first-order valence-corrected chi connectivity index (χ1v) is 9.40. The average Bonchev–Trinajstić information content (AvgIpc) is 2.77. The van der Waals surface area contributed by atoms with Crippen molar-refractivity contribution >= 4 is 17.2 Å². The lowest BCUT2D eigenvalue weighted by Gasteiger charge is -2.12. The Bertz CT molecular complexity index is 1180. The number of carbonyl (C=O) groups excluding carboxylic acids is 1. The van der Waals surface area contributed by atoms with E-state index in [0.717, 1.165) is 0 Å². The molecule has 5 nitrogen and oxygen atoms in total. The van der Waals surface area contributed by atoms with Crippen LogP contribution in [-0.4, -0.2) is 5.78 Å². The van der Waals surface area contributed by atoms with Gasteiger partial charge in [-0.3, -0.25) is 4.79 Å². The molecule has 148 valence electrons. The molecule has 4 aromatic rings. The van der Waals surface area contributed by atoms with E-state index in [1.165, 1.54) is 0 Å². The highest BCUT2D eigenvalue weighted by molar-refractivity contribution is 6.10. The van der Waals surface area contributed by atoms with E-state index in [4.69, 9.17) is 20.9 Å². The van der Waals surface area contributed by atoms with Crippen molar-refractivity contribution in [2.75, 3.05) is 11.5 Å². The molecule has 0 bridgehead atoms. The molecular formula is C25H20N2O3. The van der Waals surface area contributed by atoms with Gasteiger partial charge in [0.05, 0.1) is 11.4 Å². The lowest BCUT2D eigenvalue weighted by molar-refractivity contribution is 0.103. The molecule has 0 spiro atoms. The maximum atomic E-state index is 13.0. The molecule has 0 aliphatic carbocycles. The largest absolute Gasteiger partial charge is 0.455 e. The van der Waals surface area contributed by atoms with Gasteiger partial charge in [0.15, 0.2) is 11.5 Å². The van der Waals surface area contributed by atoms with Crippen molar-refractivity contribution in [1.82, 2.24) is 0 Å². The van der Waals surface area contributed by atoms with E-state index in [2.05, 4.69) is 0 Å². The summed E-state index contributed by atoms with van der Waals surface area (Å²) in [5.74, 6) is 2.03. The second-order valence-corrected chi connectivity index (χ2v) is 6.66. The topological polar surface area (TPSA) is 87.6 Å². The predicted octanol–water partition coefficient (Wildman–Crippen LogP) is 5.67. The fourth-order valence-electron chi connectivity index (χ4n) is 2.94. The molecule has 4 N–H and O–H groups in total. The lowest BCUT2D eigenvalue weighted by Crippen LogP contribution is -2.04. The van der Waals surface area contributed by atoms with Crippen LogP contribution in [0.25, 0.3) is 0 Å². The number of hydrogen-bond acceptors (Lipinski definition) is 5. The average molecular weight is 396 g/mol. The number of anilines is 2. The van der Waals surface area contributed by atoms with Gasteiger partial charge in [-0.15, -0.1) is 0 Å². The summed E-state index contributed by atoms with van der Waals surface area (Å²) in [6, 6.07) is 28.5. The molecule has 0 fully saturated rings. The molecule has 0 aromatic heterocycles. The van der Waals surface area contributed by atoms with Crippen LogP contribution < -0.4 is 20.9 Å². The first kappa shape index (κ1) is 19.1. The Hall–Kier alpha value is -4.25. The first-order valence-electron chi connectivity index (χ1n) is 9.40. The maximum Gasteiger partial charge on any atom is 0.193 e. The second-order valence-electron chi connectivity index (χ2n) is 6.66. The fourth-order valence-corrected chi connectivity index (χ4v) is 2.94. The molecule has 0 atom stereocenters. The Morgan fingerprint density at radius 2 is 1.10 bits per heavy atom. The predicted molar refractivity (Wildman–Crippen MR) is 118 cm³/mol. The zero-order chi connectivity index (χ0) is 20.9. The number of hydrogen-bond donors (Lipinski definition) is 2. The zero-order valence-corrected chi connectivity index (χ0v) is 16.1. The van der Waals surface area contributed by atoms with Crippen molar-refractivity contribution in [2.45, 2.75) is 0 Å². The fraction of sp³-hybridized carbons (Fsp3) is 0. The van der Waals surface area contributed by atoms with Crippen LogP contribution in [0.1, 0.15) is 15.9 Å². The third kappa shape index (κ3) is 4.25. The summed E-state index contributed by atoms with van der Waals surface area (Å²) in [6.07, 6.45) is 0. The maximum absolute atomic E-state index is 13.0. The highest BCUT2D eigenvalue weighted by Crippen LogP contribution is 2.31. The Balaban J connectivity index is 1.57. The van der Waals surface area contributed by atoms with E-state index in [1.807, 2.05) is 60.7 Å². The van der Waals surface area contributed by atoms with Crippen LogP contribution in [0.15, 0.2) is 97.1 Å². The smallest absolute Gasteiger partial charge is 0.193 e. The van der Waals surface area contributed by atoms with E-state index in [9.17, 15) is 4.79 Å². The van der Waals surface area contributed by atoms with Gasteiger partial charge in [-0.25, -0.2) is 0 Å². The van der Waals surface area contributed by atoms with Gasteiger partial charge in [-0.05, 0) is 60.7 Å². The van der Waals surface area contributed by atoms with Gasteiger partial charge in [-0.1, -0.05) is 36.4 Å². The molecule has 0 heterocycles. The molecule has 0 saturated heterocycles. The van der Waals surface area contributed by atoms with Gasteiger partial charge >= 0.3 is 0 Å². The Morgan fingerprint density at radius 1 is 0.567 bits per heavy atom. The summed E-state index contributed by atoms with van der Waals surface area (Å²) in [4.78, 5) is 13.0. The van der Waals surface area contributed by atoms with Crippen LogP contribution in [0.4, 0.5) is 11.4 Å². The summed E-state index contributed by atoms with van der Waals surface area (Å²) in [5.41, 5.74) is 13.9. The minimum atomic E-state index is -0.189. The van der Waals surface area contributed by atoms with E-state index in [1.54, 1.807) is 36.4 Å². The zero-order valence-electron chi connectivity index (χ0n) is 16.1. The van der Waals surface area contributed by atoms with Crippen molar-refractivity contribution in [3.05, 3.63) is 108 Å². The molecule has 30 heavy (non-hydrogen) atoms. The monoisotopic (exact) mass is 396 g/mol. The van der Waals surface area contributed by atoms with Crippen molar-refractivity contribution < 1.29 is 14.3 Å². The van der Waals surface area contributed by atoms with Gasteiger partial charge in [0.25, 0.3) is 0 Å². The van der Waals surface area contributed by atoms with E-state index < -0.39 is 0 Å². The van der Waals surface area contributed by atoms with Gasteiger partial charge in [-0.2, -0.15) is 0 Å². The molecule has 0 saturated carbocycles. The number of nitrogens with two attached hydrogens (primary N) is 2. The highest BCUT2D eigenvalue weighted by atomic mass is 16.5. The molecule has 4 rings (SSSR count). The summed E-state index contributed by atoms with van der Waals surface area (Å²) in [7, 11) is 0. The van der Waals surface area contributed by atoms with Crippen molar-refractivity contribution in [3.63, 3.8) is 0 Å². The summed E-state index contributed by atoms with van der Waals surface area (Å²) in [6.45, 7) is 0.